The van der Waals surface area contributed by atoms with Crippen molar-refractivity contribution in [3.05, 3.63) is 64.9 Å². The van der Waals surface area contributed by atoms with Gasteiger partial charge in [0.25, 0.3) is 0 Å². The molecule has 1 N–H and O–H groups in total. The Morgan fingerprint density at radius 1 is 1.05 bits per heavy atom. The molecule has 0 saturated heterocycles. The topological polar surface area (TPSA) is 21.3 Å². The first-order valence-electron chi connectivity index (χ1n) is 7.21. The molecule has 0 spiro atoms. The lowest BCUT2D eigenvalue weighted by Crippen LogP contribution is -2.15. The number of hydrogen-bond acceptors (Lipinski definition) is 3. The molecule has 3 heteroatoms. The fourth-order valence-corrected chi connectivity index (χ4v) is 3.25. The van der Waals surface area contributed by atoms with Crippen LogP contribution in [0.25, 0.3) is 10.8 Å². The third kappa shape index (κ3) is 3.67. The van der Waals surface area contributed by atoms with Crippen LogP contribution in [0, 0.1) is 0 Å². The van der Waals surface area contributed by atoms with E-state index in [-0.39, 0.29) is 13.5 Å². The zero-order valence-corrected chi connectivity index (χ0v) is 12.9. The van der Waals surface area contributed by atoms with Crippen molar-refractivity contribution in [1.29, 1.82) is 0 Å². The van der Waals surface area contributed by atoms with Crippen LogP contribution in [0.3, 0.4) is 0 Å². The van der Waals surface area contributed by atoms with Gasteiger partial charge >= 0.3 is 0 Å². The molecule has 1 heterocycles. The van der Waals surface area contributed by atoms with Crippen molar-refractivity contribution in [2.45, 2.75) is 20.0 Å². The van der Waals surface area contributed by atoms with Gasteiger partial charge in [0.15, 0.2) is 0 Å². The molecule has 3 rings (SSSR count). The van der Waals surface area contributed by atoms with Crippen LogP contribution in [-0.4, -0.2) is 13.6 Å². The lowest BCUT2D eigenvalue weighted by molar-refractivity contribution is 0.201. The van der Waals surface area contributed by atoms with E-state index in [9.17, 15) is 0 Å². The van der Waals surface area contributed by atoms with E-state index in [1.54, 1.807) is 11.3 Å². The van der Waals surface area contributed by atoms with Crippen LogP contribution in [0.5, 0.6) is 5.75 Å². The highest BCUT2D eigenvalue weighted by Gasteiger charge is 2.15. The van der Waals surface area contributed by atoms with Crippen LogP contribution in [0.2, 0.25) is 0 Å². The first kappa shape index (κ1) is 16.5. The molecule has 0 aliphatic heterocycles. The maximum absolute atomic E-state index is 6.34. The summed E-state index contributed by atoms with van der Waals surface area (Å²) in [7, 11) is 1.98. The second-order valence-electron chi connectivity index (χ2n) is 4.99. The Balaban J connectivity index is 0.00000176. The monoisotopic (exact) mass is 313 g/mol. The molecular formula is C19H23NOS. The van der Waals surface area contributed by atoms with Crippen molar-refractivity contribution in [1.82, 2.24) is 5.32 Å². The normalized spacial score (nSPS) is 11.9. The van der Waals surface area contributed by atoms with Crippen molar-refractivity contribution in [3.8, 4) is 5.75 Å². The lowest BCUT2D eigenvalue weighted by Gasteiger charge is -2.19. The molecular weight excluding hydrogens is 290 g/mol. The molecule has 0 bridgehead atoms. The largest absolute Gasteiger partial charge is 0.484 e. The second kappa shape index (κ2) is 7.97. The summed E-state index contributed by atoms with van der Waals surface area (Å²) < 4.78 is 6.34. The lowest BCUT2D eigenvalue weighted by atomic mass is 10.1. The van der Waals surface area contributed by atoms with Crippen LogP contribution >= 0.6 is 11.3 Å². The molecule has 0 aliphatic rings. The summed E-state index contributed by atoms with van der Waals surface area (Å²) in [6.07, 6.45) is 1.06. The number of benzene rings is 2. The summed E-state index contributed by atoms with van der Waals surface area (Å²) in [6, 6.07) is 18.8. The Bertz CT molecular complexity index is 688. The Morgan fingerprint density at radius 3 is 2.64 bits per heavy atom. The SMILES string of the molecule is C.CNCCC(Oc1cccc2ccccc12)c1cccs1. The highest BCUT2D eigenvalue weighted by molar-refractivity contribution is 7.10. The summed E-state index contributed by atoms with van der Waals surface area (Å²) in [6.45, 7) is 0.938. The van der Waals surface area contributed by atoms with E-state index in [0.29, 0.717) is 0 Å². The van der Waals surface area contributed by atoms with E-state index in [1.807, 2.05) is 7.05 Å². The van der Waals surface area contributed by atoms with E-state index >= 15 is 0 Å². The van der Waals surface area contributed by atoms with Gasteiger partial charge < -0.3 is 10.1 Å². The van der Waals surface area contributed by atoms with Crippen molar-refractivity contribution in [2.24, 2.45) is 0 Å². The predicted molar refractivity (Wildman–Crippen MR) is 96.9 cm³/mol. The number of nitrogens with one attached hydrogen (secondary N) is 1. The summed E-state index contributed by atoms with van der Waals surface area (Å²) in [4.78, 5) is 1.28. The molecule has 0 radical (unpaired) electrons. The van der Waals surface area contributed by atoms with Gasteiger partial charge in [-0.05, 0) is 36.5 Å². The van der Waals surface area contributed by atoms with Gasteiger partial charge in [0, 0.05) is 16.7 Å². The maximum Gasteiger partial charge on any atom is 0.134 e. The van der Waals surface area contributed by atoms with Gasteiger partial charge in [-0.2, -0.15) is 0 Å². The second-order valence-corrected chi connectivity index (χ2v) is 5.97. The van der Waals surface area contributed by atoms with E-state index in [1.165, 1.54) is 15.6 Å². The third-order valence-corrected chi connectivity index (χ3v) is 4.50. The minimum Gasteiger partial charge on any atom is -0.484 e. The van der Waals surface area contributed by atoms with Crippen LogP contribution in [0.4, 0.5) is 0 Å². The van der Waals surface area contributed by atoms with Gasteiger partial charge in [0.05, 0.1) is 0 Å². The zero-order chi connectivity index (χ0) is 14.5. The average molecular weight is 313 g/mol. The minimum atomic E-state index is 0. The van der Waals surface area contributed by atoms with Crippen LogP contribution in [0.1, 0.15) is 24.8 Å². The molecule has 22 heavy (non-hydrogen) atoms. The first-order valence-corrected chi connectivity index (χ1v) is 8.09. The van der Waals surface area contributed by atoms with Crippen molar-refractivity contribution in [3.63, 3.8) is 0 Å². The zero-order valence-electron chi connectivity index (χ0n) is 12.1. The number of rotatable bonds is 6. The molecule has 116 valence electrons. The summed E-state index contributed by atoms with van der Waals surface area (Å²) in [5.74, 6) is 0.961. The first-order chi connectivity index (χ1) is 10.4. The van der Waals surface area contributed by atoms with Crippen molar-refractivity contribution in [2.75, 3.05) is 13.6 Å². The molecule has 2 nitrogen and oxygen atoms in total. The van der Waals surface area contributed by atoms with Gasteiger partial charge in [-0.25, -0.2) is 0 Å². The molecule has 3 aromatic rings. The van der Waals surface area contributed by atoms with Gasteiger partial charge in [0.2, 0.25) is 0 Å². The quantitative estimate of drug-likeness (QED) is 0.669. The fourth-order valence-electron chi connectivity index (χ4n) is 2.46. The van der Waals surface area contributed by atoms with E-state index < -0.39 is 0 Å². The molecule has 1 unspecified atom stereocenters. The maximum atomic E-state index is 6.34. The number of ether oxygens (including phenoxy) is 1. The Labute approximate surface area is 136 Å². The standard InChI is InChI=1S/C18H19NOS.CH4/c1-19-12-11-17(18-10-5-13-21-18)20-16-9-4-7-14-6-2-3-8-15(14)16;/h2-10,13,17,19H,11-12H2,1H3;1H4. The smallest absolute Gasteiger partial charge is 0.134 e. The highest BCUT2D eigenvalue weighted by atomic mass is 32.1. The Hall–Kier alpha value is -1.84. The molecule has 0 aliphatic carbocycles. The number of fused-ring (bicyclic) bond motifs is 1. The molecule has 0 fully saturated rings. The summed E-state index contributed by atoms with van der Waals surface area (Å²) >= 11 is 1.75. The van der Waals surface area contributed by atoms with Crippen LogP contribution < -0.4 is 10.1 Å². The van der Waals surface area contributed by atoms with E-state index in [4.69, 9.17) is 4.74 Å². The Kier molecular flexibility index (Phi) is 5.99. The van der Waals surface area contributed by atoms with Crippen molar-refractivity contribution >= 4 is 22.1 Å². The van der Waals surface area contributed by atoms with Gasteiger partial charge in [-0.15, -0.1) is 11.3 Å². The van der Waals surface area contributed by atoms with Gasteiger partial charge in [0.1, 0.15) is 11.9 Å². The van der Waals surface area contributed by atoms with Gasteiger partial charge in [-0.3, -0.25) is 0 Å². The molecule has 1 atom stereocenters. The Morgan fingerprint density at radius 2 is 1.86 bits per heavy atom. The molecule has 0 amide bonds. The van der Waals surface area contributed by atoms with Crippen LogP contribution in [0.15, 0.2) is 60.0 Å². The molecule has 1 aromatic heterocycles. The van der Waals surface area contributed by atoms with Crippen molar-refractivity contribution < 1.29 is 4.74 Å². The summed E-state index contributed by atoms with van der Waals surface area (Å²) in [5.41, 5.74) is 0. The predicted octanol–water partition coefficient (Wildman–Crippen LogP) is 5.27. The third-order valence-electron chi connectivity index (χ3n) is 3.54. The van der Waals surface area contributed by atoms with Crippen LogP contribution in [-0.2, 0) is 0 Å². The van der Waals surface area contributed by atoms with E-state index in [0.717, 1.165) is 18.7 Å². The minimum absolute atomic E-state index is 0. The fraction of sp³-hybridized carbons (Fsp3) is 0.263. The highest BCUT2D eigenvalue weighted by Crippen LogP contribution is 2.32. The molecule has 2 aromatic carbocycles. The average Bonchev–Trinajstić information content (AvgIpc) is 3.06. The number of hydrogen-bond donors (Lipinski definition) is 1. The van der Waals surface area contributed by atoms with E-state index in [2.05, 4.69) is 65.3 Å². The summed E-state index contributed by atoms with van der Waals surface area (Å²) in [5, 5.41) is 7.70. The number of thiophene rings is 1. The molecule has 0 saturated carbocycles. The van der Waals surface area contributed by atoms with Gasteiger partial charge in [-0.1, -0.05) is 49.9 Å².